The Hall–Kier alpha value is -4.10. The summed E-state index contributed by atoms with van der Waals surface area (Å²) in [5, 5.41) is 8.89. The lowest BCUT2D eigenvalue weighted by Crippen LogP contribution is -2.36. The summed E-state index contributed by atoms with van der Waals surface area (Å²) in [6, 6.07) is 20.8. The largest absolute Gasteiger partial charge is 0.497 e. The molecule has 0 aromatic heterocycles. The topological polar surface area (TPSA) is 82.7 Å². The fourth-order valence-electron chi connectivity index (χ4n) is 3.61. The van der Waals surface area contributed by atoms with Crippen LogP contribution in [0.2, 0.25) is 0 Å². The lowest BCUT2D eigenvalue weighted by Gasteiger charge is -2.20. The Morgan fingerprint density at radius 1 is 0.848 bits per heavy atom. The van der Waals surface area contributed by atoms with E-state index in [1.54, 1.807) is 19.4 Å². The van der Waals surface area contributed by atoms with E-state index in [0.29, 0.717) is 16.7 Å². The number of hydrogen-bond donors (Lipinski definition) is 3. The fraction of sp³-hybridized carbons (Fsp3) is 0.154. The highest BCUT2D eigenvalue weighted by atomic mass is 16.5. The van der Waals surface area contributed by atoms with Gasteiger partial charge in [-0.25, -0.2) is 0 Å². The van der Waals surface area contributed by atoms with E-state index in [1.165, 1.54) is 5.56 Å². The Morgan fingerprint density at radius 2 is 1.52 bits per heavy atom. The van der Waals surface area contributed by atoms with Crippen molar-refractivity contribution in [2.45, 2.75) is 6.54 Å². The van der Waals surface area contributed by atoms with Crippen LogP contribution in [-0.4, -0.2) is 37.9 Å². The molecule has 4 rings (SSSR count). The number of carbonyl (C=O) groups is 2. The number of anilines is 3. The third-order valence-corrected chi connectivity index (χ3v) is 5.24. The normalized spacial score (nSPS) is 14.1. The average Bonchev–Trinajstić information content (AvgIpc) is 2.80. The van der Waals surface area contributed by atoms with Crippen LogP contribution in [0.4, 0.5) is 17.1 Å². The smallest absolute Gasteiger partial charge is 0.260 e. The summed E-state index contributed by atoms with van der Waals surface area (Å²) in [6.45, 7) is 0.850. The van der Waals surface area contributed by atoms with Crippen LogP contribution in [0.5, 0.6) is 5.75 Å². The molecule has 7 nitrogen and oxygen atoms in total. The number of carbonyl (C=O) groups excluding carboxylic acids is 2. The molecule has 3 N–H and O–H groups in total. The van der Waals surface area contributed by atoms with Crippen LogP contribution in [0.15, 0.2) is 72.9 Å². The first-order valence-corrected chi connectivity index (χ1v) is 10.5. The van der Waals surface area contributed by atoms with Crippen LogP contribution in [0.1, 0.15) is 21.5 Å². The maximum Gasteiger partial charge on any atom is 0.260 e. The van der Waals surface area contributed by atoms with Gasteiger partial charge in [0.25, 0.3) is 11.8 Å². The molecular weight excluding hydrogens is 416 g/mol. The second kappa shape index (κ2) is 9.58. The minimum Gasteiger partial charge on any atom is -0.497 e. The minimum absolute atomic E-state index is 0.389. The molecule has 3 aromatic carbocycles. The number of hydrogen-bond acceptors (Lipinski definition) is 6. The molecule has 0 saturated heterocycles. The van der Waals surface area contributed by atoms with Gasteiger partial charge in [-0.1, -0.05) is 12.1 Å². The van der Waals surface area contributed by atoms with Gasteiger partial charge < -0.3 is 20.3 Å². The standard InChI is InChI=1S/C26H26N4O3/c1-30(2)16-17-4-6-18(7-5-17)27-15-24-23-14-20(10-13-22(23)25(31)29-26(24)32)28-19-8-11-21(33-3)12-9-19/h4-15,27-28H,16H2,1-3H3,(H,29,31,32)/b24-15-. The molecule has 7 heteroatoms. The number of methoxy groups -OCH3 is 1. The first-order chi connectivity index (χ1) is 15.9. The summed E-state index contributed by atoms with van der Waals surface area (Å²) in [4.78, 5) is 27.1. The van der Waals surface area contributed by atoms with Crippen LogP contribution in [0, 0.1) is 0 Å². The summed E-state index contributed by atoms with van der Waals surface area (Å²) in [7, 11) is 5.66. The van der Waals surface area contributed by atoms with Gasteiger partial charge in [-0.3, -0.25) is 14.9 Å². The zero-order valence-electron chi connectivity index (χ0n) is 18.8. The average molecular weight is 443 g/mol. The van der Waals surface area contributed by atoms with E-state index in [4.69, 9.17) is 4.74 Å². The SMILES string of the molecule is COc1ccc(Nc2ccc3c(c2)/C(=C/Nc2ccc(CN(C)C)cc2)C(=O)NC3=O)cc1. The molecule has 1 heterocycles. The summed E-state index contributed by atoms with van der Waals surface area (Å²) in [6.07, 6.45) is 1.64. The van der Waals surface area contributed by atoms with Crippen LogP contribution in [-0.2, 0) is 11.3 Å². The molecule has 3 aromatic rings. The van der Waals surface area contributed by atoms with Crippen molar-refractivity contribution in [1.29, 1.82) is 0 Å². The van der Waals surface area contributed by atoms with Gasteiger partial charge in [-0.05, 0) is 74.3 Å². The highest BCUT2D eigenvalue weighted by Crippen LogP contribution is 2.29. The van der Waals surface area contributed by atoms with Gasteiger partial charge in [0.1, 0.15) is 5.75 Å². The predicted octanol–water partition coefficient (Wildman–Crippen LogP) is 4.22. The van der Waals surface area contributed by atoms with E-state index in [-0.39, 0.29) is 0 Å². The second-order valence-corrected chi connectivity index (χ2v) is 8.03. The van der Waals surface area contributed by atoms with E-state index < -0.39 is 11.8 Å². The number of ether oxygens (including phenoxy) is 1. The maximum absolute atomic E-state index is 12.6. The summed E-state index contributed by atoms with van der Waals surface area (Å²) >= 11 is 0. The molecule has 0 unspecified atom stereocenters. The lowest BCUT2D eigenvalue weighted by atomic mass is 9.94. The van der Waals surface area contributed by atoms with E-state index >= 15 is 0 Å². The Balaban J connectivity index is 1.59. The molecule has 2 amide bonds. The third-order valence-electron chi connectivity index (χ3n) is 5.24. The number of nitrogens with zero attached hydrogens (tertiary/aromatic N) is 1. The molecular formula is C26H26N4O3. The highest BCUT2D eigenvalue weighted by Gasteiger charge is 2.27. The summed E-state index contributed by atoms with van der Waals surface area (Å²) in [5.74, 6) is -0.0821. The predicted molar refractivity (Wildman–Crippen MR) is 131 cm³/mol. The summed E-state index contributed by atoms with van der Waals surface area (Å²) < 4.78 is 5.19. The van der Waals surface area contributed by atoms with E-state index in [2.05, 4.69) is 20.9 Å². The number of amides is 2. The van der Waals surface area contributed by atoms with Crippen molar-refractivity contribution in [3.63, 3.8) is 0 Å². The van der Waals surface area contributed by atoms with Gasteiger partial charge >= 0.3 is 0 Å². The summed E-state index contributed by atoms with van der Waals surface area (Å²) in [5.41, 5.74) is 5.08. The number of imide groups is 1. The Kier molecular flexibility index (Phi) is 6.42. The quantitative estimate of drug-likeness (QED) is 0.375. The first kappa shape index (κ1) is 22.1. The van der Waals surface area contributed by atoms with Gasteiger partial charge in [0, 0.05) is 40.9 Å². The molecule has 0 aliphatic carbocycles. The van der Waals surface area contributed by atoms with Crippen molar-refractivity contribution in [1.82, 2.24) is 10.2 Å². The van der Waals surface area contributed by atoms with Crippen molar-refractivity contribution in [3.05, 3.63) is 89.6 Å². The van der Waals surface area contributed by atoms with E-state index in [9.17, 15) is 9.59 Å². The van der Waals surface area contributed by atoms with Crippen molar-refractivity contribution in [3.8, 4) is 5.75 Å². The maximum atomic E-state index is 12.6. The molecule has 168 valence electrons. The van der Waals surface area contributed by atoms with Crippen molar-refractivity contribution >= 4 is 34.4 Å². The van der Waals surface area contributed by atoms with Crippen molar-refractivity contribution in [2.24, 2.45) is 0 Å². The number of nitrogens with one attached hydrogen (secondary N) is 3. The van der Waals surface area contributed by atoms with Crippen molar-refractivity contribution < 1.29 is 14.3 Å². The lowest BCUT2D eigenvalue weighted by molar-refractivity contribution is -0.114. The third kappa shape index (κ3) is 5.22. The Labute approximate surface area is 193 Å². The van der Waals surface area contributed by atoms with Crippen molar-refractivity contribution in [2.75, 3.05) is 31.8 Å². The number of rotatable bonds is 7. The fourth-order valence-corrected chi connectivity index (χ4v) is 3.61. The highest BCUT2D eigenvalue weighted by molar-refractivity contribution is 6.31. The molecule has 0 saturated carbocycles. The number of benzene rings is 3. The first-order valence-electron chi connectivity index (χ1n) is 10.5. The van der Waals surface area contributed by atoms with E-state index in [0.717, 1.165) is 29.4 Å². The van der Waals surface area contributed by atoms with Crippen LogP contribution in [0.25, 0.3) is 5.57 Å². The number of fused-ring (bicyclic) bond motifs is 1. The van der Waals surface area contributed by atoms with Gasteiger partial charge in [-0.15, -0.1) is 0 Å². The van der Waals surface area contributed by atoms with Gasteiger partial charge in [0.15, 0.2) is 0 Å². The van der Waals surface area contributed by atoms with E-state index in [1.807, 2.05) is 74.8 Å². The second-order valence-electron chi connectivity index (χ2n) is 8.03. The zero-order valence-corrected chi connectivity index (χ0v) is 18.8. The van der Waals surface area contributed by atoms with Gasteiger partial charge in [0.2, 0.25) is 0 Å². The molecule has 33 heavy (non-hydrogen) atoms. The molecule has 0 atom stereocenters. The zero-order chi connectivity index (χ0) is 23.4. The van der Waals surface area contributed by atoms with Crippen LogP contribution in [0.3, 0.4) is 0 Å². The van der Waals surface area contributed by atoms with Gasteiger partial charge in [0.05, 0.1) is 12.7 Å². The Morgan fingerprint density at radius 3 is 2.18 bits per heavy atom. The van der Waals surface area contributed by atoms with Crippen LogP contribution < -0.4 is 20.7 Å². The van der Waals surface area contributed by atoms with Crippen LogP contribution >= 0.6 is 0 Å². The molecule has 1 aliphatic rings. The molecule has 1 aliphatic heterocycles. The Bertz CT molecular complexity index is 1200. The van der Waals surface area contributed by atoms with Gasteiger partial charge in [-0.2, -0.15) is 0 Å². The molecule has 0 bridgehead atoms. The minimum atomic E-state index is -0.439. The molecule has 0 spiro atoms. The molecule has 0 fully saturated rings. The molecule has 0 radical (unpaired) electrons. The monoisotopic (exact) mass is 442 g/mol.